The van der Waals surface area contributed by atoms with Gasteiger partial charge in [-0.1, -0.05) is 0 Å². The number of thiophene rings is 1. The molecule has 0 spiro atoms. The maximum absolute atomic E-state index is 6.36. The number of rotatable bonds is 2. The Morgan fingerprint density at radius 1 is 1.57 bits per heavy atom. The fourth-order valence-corrected chi connectivity index (χ4v) is 3.55. The molecular formula is C10H12BrClOS. The lowest BCUT2D eigenvalue weighted by Crippen LogP contribution is -2.13. The van der Waals surface area contributed by atoms with Gasteiger partial charge in [0.25, 0.3) is 0 Å². The summed E-state index contributed by atoms with van der Waals surface area (Å²) in [6.45, 7) is 2.11. The molecule has 78 valence electrons. The van der Waals surface area contributed by atoms with Gasteiger partial charge in [0.2, 0.25) is 0 Å². The zero-order valence-corrected chi connectivity index (χ0v) is 11.0. The fourth-order valence-electron chi connectivity index (χ4n) is 1.71. The molecule has 1 nitrogen and oxygen atoms in total. The first kappa shape index (κ1) is 10.9. The summed E-state index contributed by atoms with van der Waals surface area (Å²) < 4.78 is 6.88. The maximum Gasteiger partial charge on any atom is 0.0940 e. The average Bonchev–Trinajstić information content (AvgIpc) is 2.73. The third kappa shape index (κ3) is 2.32. The van der Waals surface area contributed by atoms with Crippen molar-refractivity contribution < 1.29 is 4.74 Å². The topological polar surface area (TPSA) is 9.23 Å². The number of alkyl halides is 1. The zero-order valence-electron chi connectivity index (χ0n) is 7.87. The van der Waals surface area contributed by atoms with Crippen molar-refractivity contribution in [1.82, 2.24) is 0 Å². The van der Waals surface area contributed by atoms with E-state index in [0.717, 1.165) is 16.6 Å². The summed E-state index contributed by atoms with van der Waals surface area (Å²) in [6.07, 6.45) is 2.76. The van der Waals surface area contributed by atoms with E-state index >= 15 is 0 Å². The standard InChI is InChI=1S/C10H12BrClOS/c1-6-2-3-7(13-6)10(12)8-4-5-9(11)14-8/h4-7,10H,2-3H2,1H3. The highest BCUT2D eigenvalue weighted by atomic mass is 79.9. The molecule has 0 N–H and O–H groups in total. The highest BCUT2D eigenvalue weighted by Gasteiger charge is 2.29. The Labute approximate surface area is 102 Å². The van der Waals surface area contributed by atoms with Gasteiger partial charge in [0.05, 0.1) is 21.4 Å². The Morgan fingerprint density at radius 2 is 2.36 bits per heavy atom. The molecule has 1 fully saturated rings. The minimum absolute atomic E-state index is 0.0104. The van der Waals surface area contributed by atoms with E-state index in [1.165, 1.54) is 4.88 Å². The molecule has 1 aliphatic rings. The molecule has 3 unspecified atom stereocenters. The number of halogens is 2. The van der Waals surface area contributed by atoms with Crippen LogP contribution in [0.25, 0.3) is 0 Å². The first-order chi connectivity index (χ1) is 6.66. The summed E-state index contributed by atoms with van der Waals surface area (Å²) in [5.74, 6) is 0. The van der Waals surface area contributed by atoms with Gasteiger partial charge in [0, 0.05) is 4.88 Å². The van der Waals surface area contributed by atoms with Crippen LogP contribution < -0.4 is 0 Å². The summed E-state index contributed by atoms with van der Waals surface area (Å²) >= 11 is 11.5. The quantitative estimate of drug-likeness (QED) is 0.737. The minimum atomic E-state index is 0.0104. The van der Waals surface area contributed by atoms with Crippen LogP contribution in [-0.2, 0) is 4.74 Å². The van der Waals surface area contributed by atoms with Crippen molar-refractivity contribution in [1.29, 1.82) is 0 Å². The Bertz CT molecular complexity index is 315. The van der Waals surface area contributed by atoms with Gasteiger partial charge >= 0.3 is 0 Å². The molecule has 2 heterocycles. The van der Waals surface area contributed by atoms with Crippen LogP contribution in [-0.4, -0.2) is 12.2 Å². The van der Waals surface area contributed by atoms with E-state index in [1.807, 2.05) is 6.07 Å². The zero-order chi connectivity index (χ0) is 10.1. The van der Waals surface area contributed by atoms with Crippen LogP contribution in [0.2, 0.25) is 0 Å². The van der Waals surface area contributed by atoms with E-state index in [0.29, 0.717) is 6.10 Å². The fraction of sp³-hybridized carbons (Fsp3) is 0.600. The van der Waals surface area contributed by atoms with Crippen molar-refractivity contribution in [2.45, 2.75) is 37.4 Å². The van der Waals surface area contributed by atoms with E-state index in [-0.39, 0.29) is 11.5 Å². The van der Waals surface area contributed by atoms with Crippen molar-refractivity contribution in [3.8, 4) is 0 Å². The number of ether oxygens (including phenoxy) is 1. The summed E-state index contributed by atoms with van der Waals surface area (Å²) in [4.78, 5) is 1.19. The summed E-state index contributed by atoms with van der Waals surface area (Å²) in [6, 6.07) is 4.10. The second-order valence-corrected chi connectivity index (χ2v) is 6.57. The monoisotopic (exact) mass is 294 g/mol. The van der Waals surface area contributed by atoms with Gasteiger partial charge in [-0.15, -0.1) is 22.9 Å². The Morgan fingerprint density at radius 3 is 2.86 bits per heavy atom. The van der Waals surface area contributed by atoms with Gasteiger partial charge in [-0.05, 0) is 47.8 Å². The van der Waals surface area contributed by atoms with Gasteiger partial charge in [0.15, 0.2) is 0 Å². The largest absolute Gasteiger partial charge is 0.373 e. The molecule has 0 saturated carbocycles. The van der Waals surface area contributed by atoms with Gasteiger partial charge in [-0.2, -0.15) is 0 Å². The molecule has 4 heteroatoms. The average molecular weight is 296 g/mol. The molecule has 0 radical (unpaired) electrons. The molecule has 3 atom stereocenters. The Hall–Kier alpha value is 0.430. The SMILES string of the molecule is CC1CCC(C(Cl)c2ccc(Br)s2)O1. The second kappa shape index (κ2) is 4.52. The predicted molar refractivity (Wildman–Crippen MR) is 64.2 cm³/mol. The third-order valence-corrected chi connectivity index (χ3v) is 4.81. The Kier molecular flexibility index (Phi) is 3.53. The van der Waals surface area contributed by atoms with Crippen LogP contribution in [0, 0.1) is 0 Å². The summed E-state index contributed by atoms with van der Waals surface area (Å²) in [5.41, 5.74) is 0. The van der Waals surface area contributed by atoms with Crippen LogP contribution in [0.15, 0.2) is 15.9 Å². The lowest BCUT2D eigenvalue weighted by molar-refractivity contribution is 0.0538. The Balaban J connectivity index is 2.05. The molecule has 0 bridgehead atoms. The first-order valence-electron chi connectivity index (χ1n) is 4.71. The molecular weight excluding hydrogens is 284 g/mol. The summed E-state index contributed by atoms with van der Waals surface area (Å²) in [7, 11) is 0. The number of hydrogen-bond donors (Lipinski definition) is 0. The van der Waals surface area contributed by atoms with Gasteiger partial charge in [-0.3, -0.25) is 0 Å². The van der Waals surface area contributed by atoms with Crippen molar-refractivity contribution >= 4 is 38.9 Å². The van der Waals surface area contributed by atoms with Crippen LogP contribution in [0.5, 0.6) is 0 Å². The van der Waals surface area contributed by atoms with Crippen molar-refractivity contribution in [3.63, 3.8) is 0 Å². The third-order valence-electron chi connectivity index (χ3n) is 2.46. The van der Waals surface area contributed by atoms with Crippen molar-refractivity contribution in [2.75, 3.05) is 0 Å². The van der Waals surface area contributed by atoms with Crippen LogP contribution in [0.3, 0.4) is 0 Å². The van der Waals surface area contributed by atoms with Gasteiger partial charge in [-0.25, -0.2) is 0 Å². The molecule has 0 amide bonds. The van der Waals surface area contributed by atoms with Gasteiger partial charge in [0.1, 0.15) is 0 Å². The molecule has 0 aromatic carbocycles. The number of hydrogen-bond acceptors (Lipinski definition) is 2. The lowest BCUT2D eigenvalue weighted by Gasteiger charge is -2.15. The maximum atomic E-state index is 6.36. The molecule has 0 aliphatic carbocycles. The first-order valence-corrected chi connectivity index (χ1v) is 6.76. The smallest absolute Gasteiger partial charge is 0.0940 e. The highest BCUT2D eigenvalue weighted by Crippen LogP contribution is 2.38. The summed E-state index contributed by atoms with van der Waals surface area (Å²) in [5, 5.41) is 0.0104. The van der Waals surface area contributed by atoms with Crippen LogP contribution in [0.1, 0.15) is 30.0 Å². The van der Waals surface area contributed by atoms with E-state index < -0.39 is 0 Å². The van der Waals surface area contributed by atoms with E-state index in [2.05, 4.69) is 28.9 Å². The lowest BCUT2D eigenvalue weighted by atomic mass is 10.1. The molecule has 1 aromatic heterocycles. The molecule has 1 aliphatic heterocycles. The van der Waals surface area contributed by atoms with E-state index in [1.54, 1.807) is 11.3 Å². The van der Waals surface area contributed by atoms with E-state index in [4.69, 9.17) is 16.3 Å². The minimum Gasteiger partial charge on any atom is -0.373 e. The van der Waals surface area contributed by atoms with Crippen LogP contribution in [0.4, 0.5) is 0 Å². The molecule has 1 aromatic rings. The van der Waals surface area contributed by atoms with Crippen molar-refractivity contribution in [3.05, 3.63) is 20.8 Å². The van der Waals surface area contributed by atoms with Gasteiger partial charge < -0.3 is 4.74 Å². The second-order valence-electron chi connectivity index (χ2n) is 3.61. The van der Waals surface area contributed by atoms with E-state index in [9.17, 15) is 0 Å². The normalized spacial score (nSPS) is 29.4. The molecule has 2 rings (SSSR count). The molecule has 14 heavy (non-hydrogen) atoms. The predicted octanol–water partition coefficient (Wildman–Crippen LogP) is 4.36. The highest BCUT2D eigenvalue weighted by molar-refractivity contribution is 9.11. The molecule has 1 saturated heterocycles. The van der Waals surface area contributed by atoms with Crippen molar-refractivity contribution in [2.24, 2.45) is 0 Å². The van der Waals surface area contributed by atoms with Crippen LogP contribution >= 0.6 is 38.9 Å².